The number of aromatic nitrogens is 2. The standard InChI is InChI=1S/C20H21N3O2/c1-24-14-9-10-15(19(12-14)25-2)18-8-5-11-23(18)20-13-21-16-6-3-4-7-17(16)22-20/h3-4,6-7,9-10,12-13,18H,5,8,11H2,1-2H3/t18-/m1/s1. The summed E-state index contributed by atoms with van der Waals surface area (Å²) in [5.74, 6) is 2.57. The van der Waals surface area contributed by atoms with E-state index in [1.54, 1.807) is 14.2 Å². The summed E-state index contributed by atoms with van der Waals surface area (Å²) in [6.45, 7) is 0.965. The molecule has 4 rings (SSSR count). The van der Waals surface area contributed by atoms with Gasteiger partial charge in [0.1, 0.15) is 17.3 Å². The summed E-state index contributed by atoms with van der Waals surface area (Å²) in [4.78, 5) is 11.7. The second-order valence-corrected chi connectivity index (χ2v) is 6.18. The smallest absolute Gasteiger partial charge is 0.148 e. The third-order valence-electron chi connectivity index (χ3n) is 4.78. The van der Waals surface area contributed by atoms with Crippen LogP contribution in [0.25, 0.3) is 11.0 Å². The molecule has 25 heavy (non-hydrogen) atoms. The number of ether oxygens (including phenoxy) is 2. The average Bonchev–Trinajstić information content (AvgIpc) is 3.16. The Bertz CT molecular complexity index is 897. The summed E-state index contributed by atoms with van der Waals surface area (Å²) in [5.41, 5.74) is 3.01. The number of hydrogen-bond acceptors (Lipinski definition) is 5. The second kappa shape index (κ2) is 6.59. The maximum atomic E-state index is 5.61. The number of para-hydroxylation sites is 2. The molecule has 5 heteroatoms. The number of methoxy groups -OCH3 is 2. The van der Waals surface area contributed by atoms with E-state index in [4.69, 9.17) is 14.5 Å². The van der Waals surface area contributed by atoms with E-state index in [0.29, 0.717) is 0 Å². The van der Waals surface area contributed by atoms with Crippen LogP contribution in [-0.2, 0) is 0 Å². The van der Waals surface area contributed by atoms with Gasteiger partial charge in [-0.1, -0.05) is 12.1 Å². The Hall–Kier alpha value is -2.82. The van der Waals surface area contributed by atoms with Gasteiger partial charge in [0.15, 0.2) is 0 Å². The molecule has 128 valence electrons. The highest BCUT2D eigenvalue weighted by molar-refractivity contribution is 5.75. The zero-order valence-electron chi connectivity index (χ0n) is 14.5. The van der Waals surface area contributed by atoms with Crippen molar-refractivity contribution in [1.82, 2.24) is 9.97 Å². The van der Waals surface area contributed by atoms with Crippen molar-refractivity contribution in [3.05, 3.63) is 54.2 Å². The van der Waals surface area contributed by atoms with Gasteiger partial charge in [0.25, 0.3) is 0 Å². The van der Waals surface area contributed by atoms with Gasteiger partial charge in [0.05, 0.1) is 37.5 Å². The van der Waals surface area contributed by atoms with Crippen LogP contribution >= 0.6 is 0 Å². The number of hydrogen-bond donors (Lipinski definition) is 0. The molecule has 1 aromatic heterocycles. The molecule has 2 heterocycles. The van der Waals surface area contributed by atoms with Crippen molar-refractivity contribution in [3.63, 3.8) is 0 Å². The molecule has 0 saturated carbocycles. The summed E-state index contributed by atoms with van der Waals surface area (Å²) in [6.07, 6.45) is 4.06. The van der Waals surface area contributed by atoms with Crippen LogP contribution in [0.3, 0.4) is 0 Å². The number of rotatable bonds is 4. The van der Waals surface area contributed by atoms with Gasteiger partial charge in [-0.15, -0.1) is 0 Å². The first kappa shape index (κ1) is 15.7. The van der Waals surface area contributed by atoms with Gasteiger partial charge in [-0.05, 0) is 37.1 Å². The fraction of sp³-hybridized carbons (Fsp3) is 0.300. The molecule has 0 N–H and O–H groups in total. The van der Waals surface area contributed by atoms with E-state index >= 15 is 0 Å². The maximum Gasteiger partial charge on any atom is 0.148 e. The lowest BCUT2D eigenvalue weighted by molar-refractivity contribution is 0.388. The Morgan fingerprint density at radius 1 is 1.04 bits per heavy atom. The van der Waals surface area contributed by atoms with E-state index in [0.717, 1.165) is 53.3 Å². The summed E-state index contributed by atoms with van der Waals surface area (Å²) in [6, 6.07) is 14.2. The van der Waals surface area contributed by atoms with Gasteiger partial charge in [-0.3, -0.25) is 4.98 Å². The second-order valence-electron chi connectivity index (χ2n) is 6.18. The molecule has 0 amide bonds. The minimum absolute atomic E-state index is 0.233. The van der Waals surface area contributed by atoms with Crippen LogP contribution in [0.15, 0.2) is 48.7 Å². The SMILES string of the molecule is COc1ccc([C@H]2CCCN2c2cnc3ccccc3n2)c(OC)c1. The molecule has 1 fully saturated rings. The van der Waals surface area contributed by atoms with E-state index in [1.165, 1.54) is 0 Å². The summed E-state index contributed by atoms with van der Waals surface area (Å²) in [7, 11) is 3.37. The van der Waals surface area contributed by atoms with Gasteiger partial charge in [-0.25, -0.2) is 4.98 Å². The molecule has 1 aliphatic heterocycles. The maximum absolute atomic E-state index is 5.61. The van der Waals surface area contributed by atoms with E-state index in [9.17, 15) is 0 Å². The molecule has 1 saturated heterocycles. The fourth-order valence-corrected chi connectivity index (χ4v) is 3.54. The van der Waals surface area contributed by atoms with Crippen molar-refractivity contribution in [3.8, 4) is 11.5 Å². The van der Waals surface area contributed by atoms with Crippen LogP contribution in [0.1, 0.15) is 24.4 Å². The number of nitrogens with zero attached hydrogens (tertiary/aromatic N) is 3. The molecule has 1 atom stereocenters. The van der Waals surface area contributed by atoms with Crippen LogP contribution < -0.4 is 14.4 Å². The largest absolute Gasteiger partial charge is 0.497 e. The number of anilines is 1. The molecule has 1 aliphatic rings. The highest BCUT2D eigenvalue weighted by atomic mass is 16.5. The first-order valence-corrected chi connectivity index (χ1v) is 8.50. The Labute approximate surface area is 147 Å². The van der Waals surface area contributed by atoms with Crippen LogP contribution in [-0.4, -0.2) is 30.7 Å². The fourth-order valence-electron chi connectivity index (χ4n) is 3.54. The van der Waals surface area contributed by atoms with Crippen LogP contribution in [0, 0.1) is 0 Å². The third kappa shape index (κ3) is 2.86. The quantitative estimate of drug-likeness (QED) is 0.721. The van der Waals surface area contributed by atoms with Crippen molar-refractivity contribution in [2.24, 2.45) is 0 Å². The molecule has 2 aromatic carbocycles. The minimum Gasteiger partial charge on any atom is -0.497 e. The lowest BCUT2D eigenvalue weighted by atomic mass is 10.0. The Balaban J connectivity index is 1.72. The molecular weight excluding hydrogens is 314 g/mol. The van der Waals surface area contributed by atoms with E-state index in [2.05, 4.69) is 16.0 Å². The molecule has 0 spiro atoms. The molecule has 0 bridgehead atoms. The molecular formula is C20H21N3O2. The first-order chi connectivity index (χ1) is 12.3. The topological polar surface area (TPSA) is 47.5 Å². The van der Waals surface area contributed by atoms with Gasteiger partial charge >= 0.3 is 0 Å². The third-order valence-corrected chi connectivity index (χ3v) is 4.78. The average molecular weight is 335 g/mol. The van der Waals surface area contributed by atoms with E-state index < -0.39 is 0 Å². The highest BCUT2D eigenvalue weighted by Crippen LogP contribution is 2.40. The molecule has 5 nitrogen and oxygen atoms in total. The van der Waals surface area contributed by atoms with E-state index in [1.807, 2.05) is 42.6 Å². The minimum atomic E-state index is 0.233. The Kier molecular flexibility index (Phi) is 4.14. The lowest BCUT2D eigenvalue weighted by Crippen LogP contribution is -2.24. The van der Waals surface area contributed by atoms with Gasteiger partial charge in [0.2, 0.25) is 0 Å². The van der Waals surface area contributed by atoms with Crippen molar-refractivity contribution in [1.29, 1.82) is 0 Å². The predicted molar refractivity (Wildman–Crippen MR) is 98.4 cm³/mol. The molecule has 0 aliphatic carbocycles. The van der Waals surface area contributed by atoms with E-state index in [-0.39, 0.29) is 6.04 Å². The molecule has 3 aromatic rings. The van der Waals surface area contributed by atoms with Crippen LogP contribution in [0.2, 0.25) is 0 Å². The van der Waals surface area contributed by atoms with Crippen LogP contribution in [0.5, 0.6) is 11.5 Å². The van der Waals surface area contributed by atoms with Gasteiger partial charge in [-0.2, -0.15) is 0 Å². The van der Waals surface area contributed by atoms with Crippen LogP contribution in [0.4, 0.5) is 5.82 Å². The van der Waals surface area contributed by atoms with Crippen molar-refractivity contribution in [2.45, 2.75) is 18.9 Å². The number of fused-ring (bicyclic) bond motifs is 1. The number of benzene rings is 2. The zero-order valence-corrected chi connectivity index (χ0v) is 14.5. The Morgan fingerprint density at radius 2 is 1.88 bits per heavy atom. The molecule has 0 radical (unpaired) electrons. The summed E-state index contributed by atoms with van der Waals surface area (Å²) in [5, 5.41) is 0. The zero-order chi connectivity index (χ0) is 17.2. The highest BCUT2D eigenvalue weighted by Gasteiger charge is 2.29. The summed E-state index contributed by atoms with van der Waals surface area (Å²) < 4.78 is 10.9. The van der Waals surface area contributed by atoms with Gasteiger partial charge in [0, 0.05) is 18.2 Å². The normalized spacial score (nSPS) is 17.0. The van der Waals surface area contributed by atoms with Crippen molar-refractivity contribution >= 4 is 16.9 Å². The van der Waals surface area contributed by atoms with Crippen molar-refractivity contribution < 1.29 is 9.47 Å². The summed E-state index contributed by atoms with van der Waals surface area (Å²) >= 11 is 0. The first-order valence-electron chi connectivity index (χ1n) is 8.50. The monoisotopic (exact) mass is 335 g/mol. The lowest BCUT2D eigenvalue weighted by Gasteiger charge is -2.27. The predicted octanol–water partition coefficient (Wildman–Crippen LogP) is 3.99. The van der Waals surface area contributed by atoms with Gasteiger partial charge < -0.3 is 14.4 Å². The molecule has 0 unspecified atom stereocenters. The van der Waals surface area contributed by atoms with Crippen molar-refractivity contribution in [2.75, 3.05) is 25.7 Å². The Morgan fingerprint density at radius 3 is 2.68 bits per heavy atom.